The molecule has 2 amide bonds. The first-order valence-electron chi connectivity index (χ1n) is 18.0. The van der Waals surface area contributed by atoms with E-state index in [1.165, 1.54) is 21.3 Å². The number of piperidine rings is 2. The number of carbonyl (C=O) groups is 3. The zero-order valence-corrected chi connectivity index (χ0v) is 31.9. The summed E-state index contributed by atoms with van der Waals surface area (Å²) in [7, 11) is 4.57. The lowest BCUT2D eigenvalue weighted by Crippen LogP contribution is -2.60. The molecule has 0 aliphatic carbocycles. The topological polar surface area (TPSA) is 134 Å². The summed E-state index contributed by atoms with van der Waals surface area (Å²) in [6, 6.07) is 12.1. The number of carboxylic acids is 1. The minimum atomic E-state index is -0.927. The van der Waals surface area contributed by atoms with Gasteiger partial charge in [0.1, 0.15) is 6.04 Å². The number of aliphatic carboxylic acids is 1. The Labute approximate surface area is 320 Å². The van der Waals surface area contributed by atoms with Gasteiger partial charge in [-0.1, -0.05) is 29.3 Å². The number of carboxylic acid groups (broad SMARTS) is 1. The number of amides is 2. The van der Waals surface area contributed by atoms with Gasteiger partial charge in [-0.3, -0.25) is 24.8 Å². The number of hydrogen-bond acceptors (Lipinski definition) is 9. The summed E-state index contributed by atoms with van der Waals surface area (Å²) in [6.45, 7) is 3.55. The molecule has 1 aromatic heterocycles. The average Bonchev–Trinajstić information content (AvgIpc) is 3.63. The number of likely N-dealkylation sites (tertiary alicyclic amines) is 2. The predicted octanol–water partition coefficient (Wildman–Crippen LogP) is 5.59. The van der Waals surface area contributed by atoms with Gasteiger partial charge in [-0.15, -0.1) is 0 Å². The Morgan fingerprint density at radius 3 is 2.19 bits per heavy atom. The Balaban J connectivity index is 1.20. The van der Waals surface area contributed by atoms with E-state index < -0.39 is 22.8 Å². The van der Waals surface area contributed by atoms with Crippen LogP contribution >= 0.6 is 23.2 Å². The first-order chi connectivity index (χ1) is 25.5. The highest BCUT2D eigenvalue weighted by atomic mass is 35.5. The van der Waals surface area contributed by atoms with Crippen molar-refractivity contribution in [2.45, 2.75) is 61.8 Å². The maximum absolute atomic E-state index is 14.2. The van der Waals surface area contributed by atoms with Gasteiger partial charge in [0.25, 0.3) is 5.91 Å². The Kier molecular flexibility index (Phi) is 12.0. The van der Waals surface area contributed by atoms with Crippen LogP contribution in [0.5, 0.6) is 17.2 Å². The van der Waals surface area contributed by atoms with E-state index in [0.29, 0.717) is 84.8 Å². The number of pyridine rings is 1. The molecule has 0 radical (unpaired) electrons. The zero-order valence-electron chi connectivity index (χ0n) is 30.4. The predicted molar refractivity (Wildman–Crippen MR) is 201 cm³/mol. The van der Waals surface area contributed by atoms with Crippen molar-refractivity contribution in [3.63, 3.8) is 0 Å². The summed E-state index contributed by atoms with van der Waals surface area (Å²) >= 11 is 12.9. The maximum Gasteiger partial charge on any atom is 0.322 e. The number of nitrogens with zero attached hydrogens (tertiary/aromatic N) is 4. The molecular formula is C39H47Cl2N5O7. The van der Waals surface area contributed by atoms with Gasteiger partial charge in [-0.2, -0.15) is 0 Å². The fourth-order valence-corrected chi connectivity index (χ4v) is 8.55. The summed E-state index contributed by atoms with van der Waals surface area (Å²) in [5.41, 5.74) is 4.12. The summed E-state index contributed by atoms with van der Waals surface area (Å²) in [6.07, 6.45) is 8.11. The highest BCUT2D eigenvalue weighted by Crippen LogP contribution is 2.43. The van der Waals surface area contributed by atoms with Crippen molar-refractivity contribution in [1.82, 2.24) is 25.2 Å². The minimum Gasteiger partial charge on any atom is -0.493 e. The Hall–Kier alpha value is -4.10. The van der Waals surface area contributed by atoms with Crippen LogP contribution in [-0.2, 0) is 20.4 Å². The molecule has 3 aliphatic rings. The maximum atomic E-state index is 14.2. The molecule has 3 aliphatic heterocycles. The number of benzene rings is 2. The molecule has 3 aromatic rings. The van der Waals surface area contributed by atoms with Crippen LogP contribution in [0.4, 0.5) is 0 Å². The van der Waals surface area contributed by atoms with E-state index >= 15 is 0 Å². The Morgan fingerprint density at radius 2 is 1.57 bits per heavy atom. The quantitative estimate of drug-likeness (QED) is 0.240. The van der Waals surface area contributed by atoms with Gasteiger partial charge in [0.15, 0.2) is 11.5 Å². The second kappa shape index (κ2) is 16.5. The van der Waals surface area contributed by atoms with Gasteiger partial charge in [0.2, 0.25) is 11.7 Å². The Morgan fingerprint density at radius 1 is 0.868 bits per heavy atom. The summed E-state index contributed by atoms with van der Waals surface area (Å²) in [4.78, 5) is 48.7. The number of carbonyl (C=O) groups excluding carboxylic acids is 2. The molecular weight excluding hydrogens is 721 g/mol. The third kappa shape index (κ3) is 7.92. The lowest BCUT2D eigenvalue weighted by Gasteiger charge is -2.44. The van der Waals surface area contributed by atoms with Crippen LogP contribution in [0.15, 0.2) is 54.9 Å². The lowest BCUT2D eigenvalue weighted by molar-refractivity contribution is -0.149. The third-order valence-electron chi connectivity index (χ3n) is 11.4. The van der Waals surface area contributed by atoms with Crippen molar-refractivity contribution in [1.29, 1.82) is 0 Å². The first-order valence-corrected chi connectivity index (χ1v) is 18.8. The normalized spacial score (nSPS) is 21.9. The van der Waals surface area contributed by atoms with E-state index in [1.807, 2.05) is 35.2 Å². The van der Waals surface area contributed by atoms with Gasteiger partial charge < -0.3 is 29.1 Å². The molecule has 6 rings (SSSR count). The van der Waals surface area contributed by atoms with Gasteiger partial charge >= 0.3 is 5.97 Å². The second-order valence-corrected chi connectivity index (χ2v) is 15.0. The highest BCUT2D eigenvalue weighted by molar-refractivity contribution is 6.42. The number of ether oxygens (including phenoxy) is 3. The summed E-state index contributed by atoms with van der Waals surface area (Å²) in [5.74, 6) is -0.0178. The van der Waals surface area contributed by atoms with Gasteiger partial charge in [0, 0.05) is 43.0 Å². The summed E-state index contributed by atoms with van der Waals surface area (Å²) < 4.78 is 16.5. The van der Waals surface area contributed by atoms with E-state index in [9.17, 15) is 19.5 Å². The van der Waals surface area contributed by atoms with E-state index in [0.717, 1.165) is 43.4 Å². The molecule has 2 unspecified atom stereocenters. The molecule has 0 bridgehead atoms. The molecule has 3 fully saturated rings. The van der Waals surface area contributed by atoms with Crippen LogP contribution in [0.25, 0.3) is 0 Å². The zero-order chi connectivity index (χ0) is 37.8. The lowest BCUT2D eigenvalue weighted by atomic mass is 9.72. The fourth-order valence-electron chi connectivity index (χ4n) is 8.25. The van der Waals surface area contributed by atoms with Crippen molar-refractivity contribution in [3.05, 3.63) is 81.6 Å². The number of hydrogen-bond donors (Lipinski definition) is 2. The Bertz CT molecular complexity index is 1780. The standard InChI is InChI=1S/C39H47Cl2N5O7/c1-51-32-22-26(23-33(52-2)34(32)53-3)35(47)45-21-12-38(25-45,28-7-8-29(40)30(41)24-28)11-18-44-19-13-39(14-20-44,27-9-15-42-16-10-27)37(50)43-46-17-5-4-6-31(46)36(48)49/h7-10,15-16,22-24,31H,4-6,11-14,17-21,25H2,1-3H3,(H,43,50)(H,48,49). The van der Waals surface area contributed by atoms with Crippen LogP contribution in [-0.4, -0.2) is 109 Å². The van der Waals surface area contributed by atoms with E-state index in [4.69, 9.17) is 37.4 Å². The van der Waals surface area contributed by atoms with Crippen LogP contribution in [0, 0.1) is 0 Å². The largest absolute Gasteiger partial charge is 0.493 e. The van der Waals surface area contributed by atoms with Crippen LogP contribution in [0.2, 0.25) is 10.0 Å². The molecule has 12 nitrogen and oxygen atoms in total. The van der Waals surface area contributed by atoms with Crippen molar-refractivity contribution in [2.24, 2.45) is 0 Å². The van der Waals surface area contributed by atoms with E-state index in [2.05, 4.69) is 15.3 Å². The third-order valence-corrected chi connectivity index (χ3v) is 12.1. The average molecular weight is 769 g/mol. The SMILES string of the molecule is COc1cc(C(=O)N2CCC(CCN3CCC(C(=O)NN4CCCCC4C(=O)O)(c4ccncc4)CC3)(c3ccc(Cl)c(Cl)c3)C2)cc(OC)c1OC. The van der Waals surface area contributed by atoms with E-state index in [1.54, 1.807) is 29.5 Å². The molecule has 2 N–H and O–H groups in total. The molecule has 3 saturated heterocycles. The highest BCUT2D eigenvalue weighted by Gasteiger charge is 2.46. The van der Waals surface area contributed by atoms with Crippen molar-refractivity contribution in [3.8, 4) is 17.2 Å². The molecule has 0 saturated carbocycles. The molecule has 2 atom stereocenters. The van der Waals surface area contributed by atoms with E-state index in [-0.39, 0.29) is 11.8 Å². The fraction of sp³-hybridized carbons (Fsp3) is 0.487. The molecule has 14 heteroatoms. The number of methoxy groups -OCH3 is 3. The number of rotatable bonds is 12. The number of aromatic nitrogens is 1. The van der Waals surface area contributed by atoms with Crippen molar-refractivity contribution >= 4 is 41.0 Å². The summed E-state index contributed by atoms with van der Waals surface area (Å²) in [5, 5.41) is 12.4. The van der Waals surface area contributed by atoms with Crippen LogP contribution < -0.4 is 19.6 Å². The molecule has 284 valence electrons. The van der Waals surface area contributed by atoms with Crippen molar-refractivity contribution < 1.29 is 33.7 Å². The number of nitrogens with one attached hydrogen (secondary N) is 1. The van der Waals surface area contributed by atoms with Gasteiger partial charge in [-0.25, -0.2) is 5.01 Å². The number of halogens is 2. The van der Waals surface area contributed by atoms with Crippen LogP contribution in [0.1, 0.15) is 66.4 Å². The molecule has 0 spiro atoms. The molecule has 4 heterocycles. The number of hydrazine groups is 1. The first kappa shape index (κ1) is 38.6. The van der Waals surface area contributed by atoms with Gasteiger partial charge in [0.05, 0.1) is 36.8 Å². The molecule has 2 aromatic carbocycles. The monoisotopic (exact) mass is 767 g/mol. The van der Waals surface area contributed by atoms with Gasteiger partial charge in [-0.05, 0) is 112 Å². The smallest absolute Gasteiger partial charge is 0.322 e. The van der Waals surface area contributed by atoms with Crippen LogP contribution in [0.3, 0.4) is 0 Å². The second-order valence-electron chi connectivity index (χ2n) is 14.2. The minimum absolute atomic E-state index is 0.142. The molecule has 53 heavy (non-hydrogen) atoms. The van der Waals surface area contributed by atoms with Crippen molar-refractivity contribution in [2.75, 3.05) is 60.6 Å².